The van der Waals surface area contributed by atoms with Gasteiger partial charge in [-0.15, -0.1) is 5.10 Å². The van der Waals surface area contributed by atoms with Crippen molar-refractivity contribution >= 4 is 23.7 Å². The Bertz CT molecular complexity index is 1300. The first-order chi connectivity index (χ1) is 16.7. The minimum Gasteiger partial charge on any atom is -0.457 e. The molecule has 3 aromatic carbocycles. The monoisotopic (exact) mass is 468 g/mol. The molecule has 1 aliphatic heterocycles. The van der Waals surface area contributed by atoms with Gasteiger partial charge in [0.2, 0.25) is 11.1 Å². The zero-order chi connectivity index (χ0) is 23.3. The molecule has 170 valence electrons. The van der Waals surface area contributed by atoms with Gasteiger partial charge in [0, 0.05) is 11.4 Å². The quantitative estimate of drug-likeness (QED) is 0.281. The minimum atomic E-state index is -0.431. The third-order valence-corrected chi connectivity index (χ3v) is 6.50. The summed E-state index contributed by atoms with van der Waals surface area (Å²) in [4.78, 5) is 18.0. The summed E-state index contributed by atoms with van der Waals surface area (Å²) in [6, 6.07) is 29.3. The second-order valence-corrected chi connectivity index (χ2v) is 8.92. The van der Waals surface area contributed by atoms with Gasteiger partial charge in [-0.2, -0.15) is 4.98 Å². The van der Waals surface area contributed by atoms with Crippen LogP contribution in [-0.2, 0) is 21.9 Å². The second kappa shape index (κ2) is 9.97. The predicted molar refractivity (Wildman–Crippen MR) is 133 cm³/mol. The maximum absolute atomic E-state index is 13.3. The molecule has 0 saturated heterocycles. The predicted octanol–water partition coefficient (Wildman–Crippen LogP) is 5.60. The highest BCUT2D eigenvalue weighted by Gasteiger charge is 2.35. The number of anilines is 1. The zero-order valence-corrected chi connectivity index (χ0v) is 19.5. The number of nitrogens with one attached hydrogen (secondary N) is 1. The summed E-state index contributed by atoms with van der Waals surface area (Å²) in [5, 5.41) is 8.69. The summed E-state index contributed by atoms with van der Waals surface area (Å²) in [5.41, 5.74) is 4.33. The highest BCUT2D eigenvalue weighted by atomic mass is 32.2. The van der Waals surface area contributed by atoms with Gasteiger partial charge in [0.25, 0.3) is 0 Å². The van der Waals surface area contributed by atoms with E-state index in [9.17, 15) is 4.79 Å². The lowest BCUT2D eigenvalue weighted by molar-refractivity contribution is -0.140. The number of carbonyl (C=O) groups is 1. The summed E-state index contributed by atoms with van der Waals surface area (Å²) in [7, 11) is 0. The normalized spacial score (nSPS) is 14.9. The summed E-state index contributed by atoms with van der Waals surface area (Å²) >= 11 is 1.56. The molecule has 1 unspecified atom stereocenters. The van der Waals surface area contributed by atoms with Crippen LogP contribution in [0, 0.1) is 0 Å². The lowest BCUT2D eigenvalue weighted by Gasteiger charge is -2.28. The Morgan fingerprint density at radius 3 is 2.24 bits per heavy atom. The molecule has 2 heterocycles. The van der Waals surface area contributed by atoms with Crippen molar-refractivity contribution < 1.29 is 9.53 Å². The van der Waals surface area contributed by atoms with E-state index >= 15 is 0 Å². The van der Waals surface area contributed by atoms with Crippen LogP contribution in [0.25, 0.3) is 0 Å². The van der Waals surface area contributed by atoms with E-state index in [-0.39, 0.29) is 12.6 Å². The number of ether oxygens (including phenoxy) is 1. The van der Waals surface area contributed by atoms with Crippen molar-refractivity contribution in [1.29, 1.82) is 0 Å². The molecule has 0 aliphatic carbocycles. The Morgan fingerprint density at radius 2 is 1.56 bits per heavy atom. The number of rotatable bonds is 7. The van der Waals surface area contributed by atoms with Crippen molar-refractivity contribution in [2.24, 2.45) is 0 Å². The van der Waals surface area contributed by atoms with Crippen molar-refractivity contribution in [3.63, 3.8) is 0 Å². The summed E-state index contributed by atoms with van der Waals surface area (Å²) in [5.74, 6) is 1.00. The number of hydrogen-bond acceptors (Lipinski definition) is 6. The zero-order valence-electron chi connectivity index (χ0n) is 18.7. The number of allylic oxidation sites excluding steroid dienone is 1. The number of aromatic nitrogens is 3. The van der Waals surface area contributed by atoms with Gasteiger partial charge in [0.15, 0.2) is 0 Å². The van der Waals surface area contributed by atoms with Crippen LogP contribution in [0.3, 0.4) is 0 Å². The smallest absolute Gasteiger partial charge is 0.338 e. The number of hydrogen-bond donors (Lipinski definition) is 1. The Morgan fingerprint density at radius 1 is 0.941 bits per heavy atom. The lowest BCUT2D eigenvalue weighted by atomic mass is 9.96. The fourth-order valence-corrected chi connectivity index (χ4v) is 4.71. The average Bonchev–Trinajstić information content (AvgIpc) is 3.29. The van der Waals surface area contributed by atoms with E-state index in [1.165, 1.54) is 5.56 Å². The molecule has 0 amide bonds. The number of benzene rings is 3. The van der Waals surface area contributed by atoms with Crippen molar-refractivity contribution in [1.82, 2.24) is 14.8 Å². The van der Waals surface area contributed by atoms with Crippen LogP contribution in [0.5, 0.6) is 0 Å². The number of esters is 1. The molecular weight excluding hydrogens is 444 g/mol. The second-order valence-electron chi connectivity index (χ2n) is 7.98. The minimum absolute atomic E-state index is 0.209. The highest BCUT2D eigenvalue weighted by molar-refractivity contribution is 7.98. The molecule has 0 spiro atoms. The average molecular weight is 469 g/mol. The van der Waals surface area contributed by atoms with Crippen molar-refractivity contribution in [3.8, 4) is 0 Å². The molecule has 0 fully saturated rings. The SMILES string of the molecule is CC1=C(C(=O)OCc2ccccc2)C(c2ccccc2)n2nc(SCc3ccccc3)nc2N1. The first-order valence-electron chi connectivity index (χ1n) is 11.1. The molecule has 0 radical (unpaired) electrons. The molecular formula is C27H24N4O2S. The van der Waals surface area contributed by atoms with E-state index in [1.807, 2.05) is 85.8 Å². The molecule has 0 bridgehead atoms. The molecule has 1 aliphatic rings. The maximum Gasteiger partial charge on any atom is 0.338 e. The van der Waals surface area contributed by atoms with Gasteiger partial charge in [0.1, 0.15) is 12.6 Å². The van der Waals surface area contributed by atoms with Crippen LogP contribution in [-0.4, -0.2) is 20.7 Å². The van der Waals surface area contributed by atoms with Gasteiger partial charge in [-0.25, -0.2) is 9.48 Å². The fourth-order valence-electron chi connectivity index (χ4n) is 3.92. The van der Waals surface area contributed by atoms with Crippen LogP contribution in [0.4, 0.5) is 5.95 Å². The van der Waals surface area contributed by atoms with Gasteiger partial charge in [-0.3, -0.25) is 0 Å². The Labute approximate surface area is 202 Å². The Balaban J connectivity index is 1.43. The number of fused-ring (bicyclic) bond motifs is 1. The number of thioether (sulfide) groups is 1. The Kier molecular flexibility index (Phi) is 6.44. The third kappa shape index (κ3) is 4.75. The summed E-state index contributed by atoms with van der Waals surface area (Å²) in [6.07, 6.45) is 0. The maximum atomic E-state index is 13.3. The van der Waals surface area contributed by atoms with Crippen LogP contribution in [0.1, 0.15) is 29.7 Å². The molecule has 1 N–H and O–H groups in total. The standard InChI is InChI=1S/C27H24N4O2S/c1-19-23(25(32)33-17-20-11-5-2-6-12-20)24(22-15-9-4-10-16-22)31-26(28-19)29-27(30-31)34-18-21-13-7-3-8-14-21/h2-16,24H,17-18H2,1H3,(H,28,29,30). The molecule has 1 aromatic heterocycles. The van der Waals surface area contributed by atoms with Gasteiger partial charge in [-0.1, -0.05) is 103 Å². The molecule has 6 nitrogen and oxygen atoms in total. The van der Waals surface area contributed by atoms with Gasteiger partial charge >= 0.3 is 5.97 Å². The fraction of sp³-hybridized carbons (Fsp3) is 0.148. The van der Waals surface area contributed by atoms with E-state index in [2.05, 4.69) is 17.4 Å². The van der Waals surface area contributed by atoms with E-state index in [0.717, 1.165) is 16.9 Å². The Hall–Kier alpha value is -3.84. The highest BCUT2D eigenvalue weighted by Crippen LogP contribution is 2.37. The van der Waals surface area contributed by atoms with Crippen LogP contribution in [0.15, 0.2) is 107 Å². The van der Waals surface area contributed by atoms with Crippen LogP contribution in [0.2, 0.25) is 0 Å². The summed E-state index contributed by atoms with van der Waals surface area (Å²) in [6.45, 7) is 2.09. The lowest BCUT2D eigenvalue weighted by Crippen LogP contribution is -2.29. The van der Waals surface area contributed by atoms with Crippen molar-refractivity contribution in [3.05, 3.63) is 119 Å². The third-order valence-electron chi connectivity index (χ3n) is 5.59. The molecule has 7 heteroatoms. The summed E-state index contributed by atoms with van der Waals surface area (Å²) < 4.78 is 7.50. The first kappa shape index (κ1) is 22.0. The molecule has 0 saturated carbocycles. The van der Waals surface area contributed by atoms with Crippen LogP contribution >= 0.6 is 11.8 Å². The van der Waals surface area contributed by atoms with E-state index in [0.29, 0.717) is 22.4 Å². The molecule has 34 heavy (non-hydrogen) atoms. The molecule has 5 rings (SSSR count). The largest absolute Gasteiger partial charge is 0.457 e. The van der Waals surface area contributed by atoms with Gasteiger partial charge < -0.3 is 10.1 Å². The molecule has 4 aromatic rings. The van der Waals surface area contributed by atoms with E-state index in [4.69, 9.17) is 14.8 Å². The first-order valence-corrected chi connectivity index (χ1v) is 12.0. The topological polar surface area (TPSA) is 69.0 Å². The van der Waals surface area contributed by atoms with Crippen LogP contribution < -0.4 is 5.32 Å². The number of nitrogens with zero attached hydrogens (tertiary/aromatic N) is 3. The van der Waals surface area contributed by atoms with E-state index in [1.54, 1.807) is 16.4 Å². The number of carbonyl (C=O) groups excluding carboxylic acids is 1. The van der Waals surface area contributed by atoms with Gasteiger partial charge in [-0.05, 0) is 23.6 Å². The van der Waals surface area contributed by atoms with Crippen molar-refractivity contribution in [2.75, 3.05) is 5.32 Å². The van der Waals surface area contributed by atoms with Gasteiger partial charge in [0.05, 0.1) is 5.57 Å². The van der Waals surface area contributed by atoms with Crippen molar-refractivity contribution in [2.45, 2.75) is 30.5 Å². The van der Waals surface area contributed by atoms with E-state index < -0.39 is 6.04 Å². The molecule has 1 atom stereocenters.